The average molecular weight is 439 g/mol. The summed E-state index contributed by atoms with van der Waals surface area (Å²) >= 11 is 0. The number of ether oxygens (including phenoxy) is 2. The number of hydrogen-bond acceptors (Lipinski definition) is 4. The van der Waals surface area contributed by atoms with E-state index in [-0.39, 0.29) is 5.97 Å². The summed E-state index contributed by atoms with van der Waals surface area (Å²) < 4.78 is 10.4. The monoisotopic (exact) mass is 438 g/mol. The van der Waals surface area contributed by atoms with Crippen LogP contribution in [0.1, 0.15) is 50.7 Å². The van der Waals surface area contributed by atoms with Gasteiger partial charge in [-0.15, -0.1) is 0 Å². The molecular weight excluding hydrogens is 404 g/mol. The zero-order chi connectivity index (χ0) is 23.6. The van der Waals surface area contributed by atoms with Gasteiger partial charge < -0.3 is 14.6 Å². The number of esters is 1. The SMILES string of the molecule is CCCCC(CC)COC(=O)C=Cc1ccc(OC)cc1.O=C(O)C=Cc1ccccc1. The highest BCUT2D eigenvalue weighted by Crippen LogP contribution is 2.14. The number of benzene rings is 2. The number of carbonyl (C=O) groups is 2. The minimum atomic E-state index is -0.922. The van der Waals surface area contributed by atoms with Crippen molar-refractivity contribution in [3.63, 3.8) is 0 Å². The Hall–Kier alpha value is -3.34. The van der Waals surface area contributed by atoms with E-state index in [0.717, 1.165) is 35.8 Å². The molecule has 1 unspecified atom stereocenters. The molecule has 2 rings (SSSR count). The van der Waals surface area contributed by atoms with Crippen LogP contribution in [0.2, 0.25) is 0 Å². The quantitative estimate of drug-likeness (QED) is 0.331. The van der Waals surface area contributed by atoms with Crippen molar-refractivity contribution in [1.29, 1.82) is 0 Å². The first-order valence-corrected chi connectivity index (χ1v) is 10.9. The Morgan fingerprint density at radius 1 is 0.938 bits per heavy atom. The van der Waals surface area contributed by atoms with Gasteiger partial charge in [-0.3, -0.25) is 0 Å². The van der Waals surface area contributed by atoms with Gasteiger partial charge in [0.05, 0.1) is 13.7 Å². The maximum atomic E-state index is 11.7. The van der Waals surface area contributed by atoms with Gasteiger partial charge in [0, 0.05) is 12.2 Å². The van der Waals surface area contributed by atoms with Crippen LogP contribution in [0.5, 0.6) is 5.75 Å². The van der Waals surface area contributed by atoms with E-state index in [2.05, 4.69) is 13.8 Å². The van der Waals surface area contributed by atoms with E-state index in [0.29, 0.717) is 12.5 Å². The third-order valence-electron chi connectivity index (χ3n) is 4.75. The van der Waals surface area contributed by atoms with Crippen molar-refractivity contribution in [3.8, 4) is 5.75 Å². The first-order valence-electron chi connectivity index (χ1n) is 10.9. The Kier molecular flexibility index (Phi) is 13.7. The third kappa shape index (κ3) is 12.4. The molecule has 0 amide bonds. The summed E-state index contributed by atoms with van der Waals surface area (Å²) in [6, 6.07) is 16.8. The van der Waals surface area contributed by atoms with Crippen molar-refractivity contribution < 1.29 is 24.2 Å². The van der Waals surface area contributed by atoms with Gasteiger partial charge in [-0.2, -0.15) is 0 Å². The van der Waals surface area contributed by atoms with E-state index < -0.39 is 5.97 Å². The number of carboxylic acids is 1. The van der Waals surface area contributed by atoms with Gasteiger partial charge in [0.25, 0.3) is 0 Å². The molecule has 1 atom stereocenters. The van der Waals surface area contributed by atoms with Crippen molar-refractivity contribution in [2.45, 2.75) is 39.5 Å². The molecule has 0 aliphatic heterocycles. The van der Waals surface area contributed by atoms with Crippen molar-refractivity contribution >= 4 is 24.1 Å². The first-order chi connectivity index (χ1) is 15.5. The maximum absolute atomic E-state index is 11.7. The molecule has 1 N–H and O–H groups in total. The molecule has 0 bridgehead atoms. The minimum absolute atomic E-state index is 0.277. The number of hydrogen-bond donors (Lipinski definition) is 1. The average Bonchev–Trinajstić information content (AvgIpc) is 2.83. The van der Waals surface area contributed by atoms with Crippen LogP contribution in [0, 0.1) is 5.92 Å². The van der Waals surface area contributed by atoms with Crippen LogP contribution >= 0.6 is 0 Å². The number of unbranched alkanes of at least 4 members (excludes halogenated alkanes) is 1. The first kappa shape index (κ1) is 26.7. The highest BCUT2D eigenvalue weighted by atomic mass is 16.5. The van der Waals surface area contributed by atoms with Crippen LogP contribution in [-0.2, 0) is 14.3 Å². The topological polar surface area (TPSA) is 72.8 Å². The van der Waals surface area contributed by atoms with Gasteiger partial charge in [-0.05, 0) is 47.8 Å². The molecule has 0 saturated heterocycles. The number of carbonyl (C=O) groups excluding carboxylic acids is 1. The molecule has 0 saturated carbocycles. The fourth-order valence-corrected chi connectivity index (χ4v) is 2.76. The smallest absolute Gasteiger partial charge is 0.330 e. The number of aliphatic carboxylic acids is 1. The number of carboxylic acid groups (broad SMARTS) is 1. The van der Waals surface area contributed by atoms with Crippen LogP contribution in [0.15, 0.2) is 66.7 Å². The Morgan fingerprint density at radius 3 is 2.12 bits per heavy atom. The van der Waals surface area contributed by atoms with Crippen LogP contribution in [0.4, 0.5) is 0 Å². The molecule has 0 radical (unpaired) electrons. The van der Waals surface area contributed by atoms with Crippen molar-refractivity contribution in [2.75, 3.05) is 13.7 Å². The molecule has 0 aromatic heterocycles. The second kappa shape index (κ2) is 16.4. The summed E-state index contributed by atoms with van der Waals surface area (Å²) in [5.74, 6) is 0.0781. The predicted octanol–water partition coefficient (Wildman–Crippen LogP) is 6.25. The molecule has 0 fully saturated rings. The van der Waals surface area contributed by atoms with E-state index in [1.54, 1.807) is 19.3 Å². The van der Waals surface area contributed by atoms with Gasteiger partial charge in [-0.1, -0.05) is 75.6 Å². The second-order valence-corrected chi connectivity index (χ2v) is 7.24. The van der Waals surface area contributed by atoms with E-state index in [1.165, 1.54) is 18.9 Å². The summed E-state index contributed by atoms with van der Waals surface area (Å²) in [5.41, 5.74) is 1.85. The van der Waals surface area contributed by atoms with Crippen molar-refractivity contribution in [2.24, 2.45) is 5.92 Å². The van der Waals surface area contributed by atoms with E-state index in [4.69, 9.17) is 14.6 Å². The summed E-state index contributed by atoms with van der Waals surface area (Å²) in [7, 11) is 1.63. The standard InChI is InChI=1S/C18H26O3.C9H8O2/c1-4-6-7-15(5-2)14-21-18(19)13-10-16-8-11-17(20-3)12-9-16;10-9(11)7-6-8-4-2-1-3-5-8/h8-13,15H,4-7,14H2,1-3H3;1-7H,(H,10,11). The molecule has 0 aliphatic carbocycles. The lowest BCUT2D eigenvalue weighted by atomic mass is 10.0. The second-order valence-electron chi connectivity index (χ2n) is 7.24. The van der Waals surface area contributed by atoms with Crippen LogP contribution < -0.4 is 4.74 Å². The lowest BCUT2D eigenvalue weighted by Crippen LogP contribution is -2.12. The molecule has 32 heavy (non-hydrogen) atoms. The largest absolute Gasteiger partial charge is 0.497 e. The molecule has 2 aromatic carbocycles. The molecule has 0 heterocycles. The van der Waals surface area contributed by atoms with E-state index >= 15 is 0 Å². The third-order valence-corrected chi connectivity index (χ3v) is 4.75. The fraction of sp³-hybridized carbons (Fsp3) is 0.333. The number of methoxy groups -OCH3 is 1. The Morgan fingerprint density at radius 2 is 1.56 bits per heavy atom. The summed E-state index contributed by atoms with van der Waals surface area (Å²) in [5, 5.41) is 8.29. The van der Waals surface area contributed by atoms with Gasteiger partial charge in [0.1, 0.15) is 5.75 Å². The molecule has 0 aliphatic rings. The molecular formula is C27H34O5. The summed E-state index contributed by atoms with van der Waals surface area (Å²) in [6.45, 7) is 4.83. The zero-order valence-electron chi connectivity index (χ0n) is 19.2. The Balaban J connectivity index is 0.000000389. The summed E-state index contributed by atoms with van der Waals surface area (Å²) in [4.78, 5) is 21.8. The molecule has 5 heteroatoms. The lowest BCUT2D eigenvalue weighted by Gasteiger charge is -2.13. The highest BCUT2D eigenvalue weighted by molar-refractivity contribution is 5.87. The Bertz CT molecular complexity index is 838. The molecule has 0 spiro atoms. The van der Waals surface area contributed by atoms with Gasteiger partial charge in [-0.25, -0.2) is 9.59 Å². The minimum Gasteiger partial charge on any atom is -0.497 e. The maximum Gasteiger partial charge on any atom is 0.330 e. The molecule has 2 aromatic rings. The van der Waals surface area contributed by atoms with Crippen molar-refractivity contribution in [1.82, 2.24) is 0 Å². The van der Waals surface area contributed by atoms with Crippen LogP contribution in [0.3, 0.4) is 0 Å². The van der Waals surface area contributed by atoms with Gasteiger partial charge in [0.2, 0.25) is 0 Å². The normalized spacial score (nSPS) is 11.6. The lowest BCUT2D eigenvalue weighted by molar-refractivity contribution is -0.139. The van der Waals surface area contributed by atoms with E-state index in [9.17, 15) is 9.59 Å². The van der Waals surface area contributed by atoms with Crippen LogP contribution in [-0.4, -0.2) is 30.8 Å². The highest BCUT2D eigenvalue weighted by Gasteiger charge is 2.08. The zero-order valence-corrected chi connectivity index (χ0v) is 19.2. The van der Waals surface area contributed by atoms with E-state index in [1.807, 2.05) is 54.6 Å². The summed E-state index contributed by atoms with van der Waals surface area (Å²) in [6.07, 6.45) is 10.5. The Labute approximate surface area is 191 Å². The van der Waals surface area contributed by atoms with Gasteiger partial charge >= 0.3 is 11.9 Å². The number of rotatable bonds is 11. The van der Waals surface area contributed by atoms with Crippen LogP contribution in [0.25, 0.3) is 12.2 Å². The molecule has 172 valence electrons. The molecule has 5 nitrogen and oxygen atoms in total. The van der Waals surface area contributed by atoms with Gasteiger partial charge in [0.15, 0.2) is 0 Å². The fourth-order valence-electron chi connectivity index (χ4n) is 2.76. The predicted molar refractivity (Wildman–Crippen MR) is 129 cm³/mol. The van der Waals surface area contributed by atoms with Crippen molar-refractivity contribution in [3.05, 3.63) is 77.9 Å².